The van der Waals surface area contributed by atoms with Crippen LogP contribution in [0.1, 0.15) is 18.4 Å². The predicted molar refractivity (Wildman–Crippen MR) is 93.5 cm³/mol. The molecule has 0 spiro atoms. The summed E-state index contributed by atoms with van der Waals surface area (Å²) in [5.41, 5.74) is 2.28. The Kier molecular flexibility index (Phi) is 4.74. The Hall–Kier alpha value is -2.89. The van der Waals surface area contributed by atoms with Gasteiger partial charge in [-0.2, -0.15) is 0 Å². The summed E-state index contributed by atoms with van der Waals surface area (Å²) in [6, 6.07) is 12.0. The molecular weight excluding hydrogens is 306 g/mol. The third kappa shape index (κ3) is 3.71. The van der Waals surface area contributed by atoms with E-state index in [9.17, 15) is 15.0 Å². The van der Waals surface area contributed by atoms with Crippen molar-refractivity contribution in [3.05, 3.63) is 48.0 Å². The van der Waals surface area contributed by atoms with Crippen molar-refractivity contribution in [2.45, 2.75) is 19.4 Å². The van der Waals surface area contributed by atoms with Gasteiger partial charge in [-0.25, -0.2) is 4.79 Å². The third-order valence-corrected chi connectivity index (χ3v) is 4.11. The topological polar surface area (TPSA) is 84.8 Å². The predicted octanol–water partition coefficient (Wildman–Crippen LogP) is 3.02. The molecule has 0 radical (unpaired) electrons. The first-order valence-electron chi connectivity index (χ1n) is 8.03. The maximum atomic E-state index is 12.0. The van der Waals surface area contributed by atoms with Gasteiger partial charge in [-0.15, -0.1) is 0 Å². The van der Waals surface area contributed by atoms with E-state index < -0.39 is 0 Å². The molecule has 2 amide bonds. The average molecular weight is 327 g/mol. The number of nitrogens with zero attached hydrogens (tertiary/aromatic N) is 1. The van der Waals surface area contributed by atoms with Crippen LogP contribution in [0.2, 0.25) is 0 Å². The van der Waals surface area contributed by atoms with Crippen molar-refractivity contribution in [3.8, 4) is 11.5 Å². The number of carbonyl (C=O) groups excluding carboxylic acids is 1. The first-order chi connectivity index (χ1) is 11.6. The van der Waals surface area contributed by atoms with Gasteiger partial charge in [0.25, 0.3) is 0 Å². The highest BCUT2D eigenvalue weighted by atomic mass is 16.3. The van der Waals surface area contributed by atoms with Gasteiger partial charge in [0.2, 0.25) is 0 Å². The summed E-state index contributed by atoms with van der Waals surface area (Å²) in [5, 5.41) is 24.6. The van der Waals surface area contributed by atoms with Gasteiger partial charge in [0, 0.05) is 36.6 Å². The van der Waals surface area contributed by atoms with Crippen LogP contribution in [-0.2, 0) is 6.54 Å². The summed E-state index contributed by atoms with van der Waals surface area (Å²) in [5.74, 6) is -0.415. The van der Waals surface area contributed by atoms with Crippen LogP contribution in [0.5, 0.6) is 11.5 Å². The van der Waals surface area contributed by atoms with Crippen molar-refractivity contribution < 1.29 is 15.0 Å². The van der Waals surface area contributed by atoms with Gasteiger partial charge in [-0.05, 0) is 37.1 Å². The molecule has 0 atom stereocenters. The van der Waals surface area contributed by atoms with Gasteiger partial charge in [0.15, 0.2) is 11.5 Å². The standard InChI is InChI=1S/C18H21N3O3/c22-16-8-3-5-13(17(16)23)12-19-18(24)20-14-6-4-7-15(11-14)21-9-1-2-10-21/h3-8,11,22-23H,1-2,9-10,12H2,(H2,19,20,24). The minimum Gasteiger partial charge on any atom is -0.504 e. The molecule has 0 bridgehead atoms. The lowest BCUT2D eigenvalue weighted by molar-refractivity contribution is 0.251. The van der Waals surface area contributed by atoms with Crippen molar-refractivity contribution in [2.24, 2.45) is 0 Å². The van der Waals surface area contributed by atoms with E-state index in [2.05, 4.69) is 15.5 Å². The zero-order chi connectivity index (χ0) is 16.9. The summed E-state index contributed by atoms with van der Waals surface area (Å²) < 4.78 is 0. The zero-order valence-corrected chi connectivity index (χ0v) is 13.3. The number of phenols is 2. The van der Waals surface area contributed by atoms with Crippen molar-refractivity contribution >= 4 is 17.4 Å². The van der Waals surface area contributed by atoms with Crippen LogP contribution in [0, 0.1) is 0 Å². The van der Waals surface area contributed by atoms with Crippen molar-refractivity contribution in [2.75, 3.05) is 23.3 Å². The Morgan fingerprint density at radius 1 is 1.08 bits per heavy atom. The first-order valence-corrected chi connectivity index (χ1v) is 8.03. The normalized spacial score (nSPS) is 13.8. The molecule has 0 unspecified atom stereocenters. The molecule has 1 fully saturated rings. The number of hydrogen-bond acceptors (Lipinski definition) is 4. The molecule has 6 heteroatoms. The fraction of sp³-hybridized carbons (Fsp3) is 0.278. The first kappa shape index (κ1) is 16.0. The molecule has 6 nitrogen and oxygen atoms in total. The lowest BCUT2D eigenvalue weighted by atomic mass is 10.2. The van der Waals surface area contributed by atoms with Crippen molar-refractivity contribution in [1.82, 2.24) is 5.32 Å². The van der Waals surface area contributed by atoms with Gasteiger partial charge in [0.05, 0.1) is 0 Å². The van der Waals surface area contributed by atoms with E-state index in [-0.39, 0.29) is 24.1 Å². The van der Waals surface area contributed by atoms with Crippen LogP contribution in [0.3, 0.4) is 0 Å². The van der Waals surface area contributed by atoms with Gasteiger partial charge in [0.1, 0.15) is 0 Å². The lowest BCUT2D eigenvalue weighted by Crippen LogP contribution is -2.28. The van der Waals surface area contributed by atoms with Crippen molar-refractivity contribution in [1.29, 1.82) is 0 Å². The van der Waals surface area contributed by atoms with Crippen LogP contribution in [0.25, 0.3) is 0 Å². The SMILES string of the molecule is O=C(NCc1cccc(O)c1O)Nc1cccc(N2CCCC2)c1. The Bertz CT molecular complexity index is 727. The molecule has 4 N–H and O–H groups in total. The van der Waals surface area contributed by atoms with Crippen LogP contribution in [0.4, 0.5) is 16.2 Å². The zero-order valence-electron chi connectivity index (χ0n) is 13.3. The molecule has 24 heavy (non-hydrogen) atoms. The number of benzene rings is 2. The summed E-state index contributed by atoms with van der Waals surface area (Å²) in [6.07, 6.45) is 2.40. The molecule has 2 aromatic rings. The molecule has 126 valence electrons. The molecule has 0 saturated carbocycles. The largest absolute Gasteiger partial charge is 0.504 e. The van der Waals surface area contributed by atoms with Gasteiger partial charge >= 0.3 is 6.03 Å². The number of hydrogen-bond donors (Lipinski definition) is 4. The number of phenolic OH excluding ortho intramolecular Hbond substituents is 2. The third-order valence-electron chi connectivity index (χ3n) is 4.11. The molecule has 1 saturated heterocycles. The summed E-state index contributed by atoms with van der Waals surface area (Å²) in [7, 11) is 0. The maximum absolute atomic E-state index is 12.0. The fourth-order valence-corrected chi connectivity index (χ4v) is 2.83. The number of amides is 2. The Morgan fingerprint density at radius 2 is 1.83 bits per heavy atom. The van der Waals surface area contributed by atoms with E-state index in [0.29, 0.717) is 5.56 Å². The molecule has 2 aromatic carbocycles. The van der Waals surface area contributed by atoms with Gasteiger partial charge in [-0.1, -0.05) is 18.2 Å². The van der Waals surface area contributed by atoms with E-state index in [1.807, 2.05) is 24.3 Å². The number of carbonyl (C=O) groups is 1. The van der Waals surface area contributed by atoms with E-state index >= 15 is 0 Å². The maximum Gasteiger partial charge on any atom is 0.319 e. The van der Waals surface area contributed by atoms with E-state index in [1.165, 1.54) is 18.9 Å². The number of para-hydroxylation sites is 1. The minimum atomic E-state index is -0.365. The second kappa shape index (κ2) is 7.12. The number of nitrogens with one attached hydrogen (secondary N) is 2. The Balaban J connectivity index is 1.58. The van der Waals surface area contributed by atoms with Gasteiger partial charge < -0.3 is 25.7 Å². The van der Waals surface area contributed by atoms with Crippen LogP contribution in [0.15, 0.2) is 42.5 Å². The minimum absolute atomic E-state index is 0.123. The van der Waals surface area contributed by atoms with Crippen LogP contribution in [-0.4, -0.2) is 29.3 Å². The number of urea groups is 1. The molecule has 1 heterocycles. The highest BCUT2D eigenvalue weighted by Crippen LogP contribution is 2.28. The highest BCUT2D eigenvalue weighted by Gasteiger charge is 2.13. The number of anilines is 2. The van der Waals surface area contributed by atoms with Crippen LogP contribution >= 0.6 is 0 Å². The summed E-state index contributed by atoms with van der Waals surface area (Å²) in [6.45, 7) is 2.22. The van der Waals surface area contributed by atoms with E-state index in [1.54, 1.807) is 12.1 Å². The molecule has 0 aromatic heterocycles. The smallest absolute Gasteiger partial charge is 0.319 e. The van der Waals surface area contributed by atoms with Crippen LogP contribution < -0.4 is 15.5 Å². The molecule has 1 aliphatic heterocycles. The Labute approximate surface area is 140 Å². The monoisotopic (exact) mass is 327 g/mol. The number of aromatic hydroxyl groups is 2. The number of rotatable bonds is 4. The fourth-order valence-electron chi connectivity index (χ4n) is 2.83. The van der Waals surface area contributed by atoms with E-state index in [4.69, 9.17) is 0 Å². The molecular formula is C18H21N3O3. The van der Waals surface area contributed by atoms with Crippen molar-refractivity contribution in [3.63, 3.8) is 0 Å². The van der Waals surface area contributed by atoms with Gasteiger partial charge in [-0.3, -0.25) is 0 Å². The summed E-state index contributed by atoms with van der Waals surface area (Å²) in [4.78, 5) is 14.3. The van der Waals surface area contributed by atoms with E-state index in [0.717, 1.165) is 24.5 Å². The lowest BCUT2D eigenvalue weighted by Gasteiger charge is -2.18. The quantitative estimate of drug-likeness (QED) is 0.650. The molecule has 3 rings (SSSR count). The summed E-state index contributed by atoms with van der Waals surface area (Å²) >= 11 is 0. The molecule has 1 aliphatic rings. The molecule has 0 aliphatic carbocycles. The highest BCUT2D eigenvalue weighted by molar-refractivity contribution is 5.89. The Morgan fingerprint density at radius 3 is 2.62 bits per heavy atom. The average Bonchev–Trinajstić information content (AvgIpc) is 3.11. The second-order valence-corrected chi connectivity index (χ2v) is 5.84. The second-order valence-electron chi connectivity index (χ2n) is 5.84.